The van der Waals surface area contributed by atoms with Crippen LogP contribution in [0.4, 0.5) is 0 Å². The normalized spacial score (nSPS) is 19.2. The lowest BCUT2D eigenvalue weighted by atomic mass is 10.1. The van der Waals surface area contributed by atoms with Crippen molar-refractivity contribution in [1.82, 2.24) is 5.32 Å². The molecule has 2 nitrogen and oxygen atoms in total. The van der Waals surface area contributed by atoms with E-state index in [2.05, 4.69) is 30.4 Å². The molecule has 0 aliphatic heterocycles. The van der Waals surface area contributed by atoms with Crippen molar-refractivity contribution < 1.29 is 5.11 Å². The van der Waals surface area contributed by atoms with Crippen LogP contribution in [0, 0.1) is 6.92 Å². The second-order valence-electron chi connectivity index (χ2n) is 4.32. The first-order valence-electron chi connectivity index (χ1n) is 5.75. The van der Waals surface area contributed by atoms with Crippen LogP contribution in [0.5, 0.6) is 0 Å². The Morgan fingerprint density at radius 3 is 3.13 bits per heavy atom. The monoisotopic (exact) mass is 205 g/mol. The van der Waals surface area contributed by atoms with Crippen LogP contribution in [0.25, 0.3) is 0 Å². The van der Waals surface area contributed by atoms with Gasteiger partial charge in [0.15, 0.2) is 0 Å². The van der Waals surface area contributed by atoms with E-state index in [-0.39, 0.29) is 6.61 Å². The first-order chi connectivity index (χ1) is 7.31. The summed E-state index contributed by atoms with van der Waals surface area (Å²) in [5.41, 5.74) is 4.29. The van der Waals surface area contributed by atoms with Gasteiger partial charge in [-0.2, -0.15) is 0 Å². The van der Waals surface area contributed by atoms with Gasteiger partial charge >= 0.3 is 0 Å². The fraction of sp³-hybridized carbons (Fsp3) is 0.538. The number of aliphatic hydroxyl groups is 1. The second kappa shape index (κ2) is 4.77. The van der Waals surface area contributed by atoms with E-state index in [4.69, 9.17) is 5.11 Å². The Morgan fingerprint density at radius 1 is 1.47 bits per heavy atom. The first-order valence-corrected chi connectivity index (χ1v) is 5.75. The molecule has 0 bridgehead atoms. The van der Waals surface area contributed by atoms with Crippen molar-refractivity contribution >= 4 is 0 Å². The van der Waals surface area contributed by atoms with Crippen molar-refractivity contribution in [2.75, 3.05) is 13.2 Å². The van der Waals surface area contributed by atoms with E-state index in [1.807, 2.05) is 0 Å². The SMILES string of the molecule is Cc1ccc2c(c1)[C@@H](NCCCO)CC2. The Balaban J connectivity index is 2.03. The van der Waals surface area contributed by atoms with Gasteiger partial charge in [0.1, 0.15) is 0 Å². The van der Waals surface area contributed by atoms with Crippen LogP contribution in [0.3, 0.4) is 0 Å². The van der Waals surface area contributed by atoms with Gasteiger partial charge in [0, 0.05) is 12.6 Å². The Labute approximate surface area is 91.3 Å². The molecule has 15 heavy (non-hydrogen) atoms. The maximum absolute atomic E-state index is 8.74. The minimum Gasteiger partial charge on any atom is -0.396 e. The molecule has 0 radical (unpaired) electrons. The van der Waals surface area contributed by atoms with Crippen LogP contribution in [-0.4, -0.2) is 18.3 Å². The molecule has 0 aromatic heterocycles. The fourth-order valence-electron chi connectivity index (χ4n) is 2.29. The molecule has 2 rings (SSSR count). The Morgan fingerprint density at radius 2 is 2.33 bits per heavy atom. The topological polar surface area (TPSA) is 32.3 Å². The molecule has 1 aromatic carbocycles. The Bertz CT molecular complexity index is 335. The third-order valence-corrected chi connectivity index (χ3v) is 3.10. The number of hydrogen-bond acceptors (Lipinski definition) is 2. The van der Waals surface area contributed by atoms with Crippen molar-refractivity contribution in [1.29, 1.82) is 0 Å². The van der Waals surface area contributed by atoms with E-state index >= 15 is 0 Å². The van der Waals surface area contributed by atoms with E-state index in [0.29, 0.717) is 6.04 Å². The molecule has 0 fully saturated rings. The summed E-state index contributed by atoms with van der Waals surface area (Å²) in [6.45, 7) is 3.33. The fourth-order valence-corrected chi connectivity index (χ4v) is 2.29. The zero-order valence-corrected chi connectivity index (χ0v) is 9.29. The molecule has 0 saturated carbocycles. The first kappa shape index (κ1) is 10.7. The van der Waals surface area contributed by atoms with Crippen LogP contribution in [-0.2, 0) is 6.42 Å². The quantitative estimate of drug-likeness (QED) is 0.736. The van der Waals surface area contributed by atoms with Gasteiger partial charge in [-0.25, -0.2) is 0 Å². The standard InChI is InChI=1S/C13H19NO/c1-10-3-4-11-5-6-13(12(11)9-10)14-7-2-8-15/h3-4,9,13-15H,2,5-8H2,1H3/t13-/m0/s1. The van der Waals surface area contributed by atoms with Crippen LogP contribution >= 0.6 is 0 Å². The highest BCUT2D eigenvalue weighted by molar-refractivity contribution is 5.37. The highest BCUT2D eigenvalue weighted by atomic mass is 16.3. The molecule has 2 heteroatoms. The number of hydrogen-bond donors (Lipinski definition) is 2. The number of aliphatic hydroxyl groups excluding tert-OH is 1. The summed E-state index contributed by atoms with van der Waals surface area (Å²) in [6, 6.07) is 7.23. The largest absolute Gasteiger partial charge is 0.396 e. The number of nitrogens with one attached hydrogen (secondary N) is 1. The minimum absolute atomic E-state index is 0.278. The molecule has 0 heterocycles. The predicted octanol–water partition coefficient (Wildman–Crippen LogP) is 1.95. The Hall–Kier alpha value is -0.860. The van der Waals surface area contributed by atoms with Gasteiger partial charge in [0.2, 0.25) is 0 Å². The highest BCUT2D eigenvalue weighted by Crippen LogP contribution is 2.31. The average Bonchev–Trinajstić information content (AvgIpc) is 2.62. The third-order valence-electron chi connectivity index (χ3n) is 3.10. The van der Waals surface area contributed by atoms with Gasteiger partial charge in [0.05, 0.1) is 0 Å². The van der Waals surface area contributed by atoms with Gasteiger partial charge in [-0.1, -0.05) is 23.8 Å². The van der Waals surface area contributed by atoms with E-state index in [1.54, 1.807) is 0 Å². The van der Waals surface area contributed by atoms with Crippen molar-refractivity contribution in [2.45, 2.75) is 32.2 Å². The summed E-state index contributed by atoms with van der Waals surface area (Å²) in [5, 5.41) is 12.2. The van der Waals surface area contributed by atoms with Crippen molar-refractivity contribution in [2.24, 2.45) is 0 Å². The zero-order valence-electron chi connectivity index (χ0n) is 9.29. The van der Waals surface area contributed by atoms with Crippen LogP contribution in [0.15, 0.2) is 18.2 Å². The van der Waals surface area contributed by atoms with E-state index in [9.17, 15) is 0 Å². The number of benzene rings is 1. The number of rotatable bonds is 4. The third kappa shape index (κ3) is 2.39. The molecule has 0 saturated heterocycles. The summed E-state index contributed by atoms with van der Waals surface area (Å²) >= 11 is 0. The molecular formula is C13H19NO. The molecule has 0 spiro atoms. The maximum Gasteiger partial charge on any atom is 0.0443 e. The molecule has 1 aromatic rings. The predicted molar refractivity (Wildman–Crippen MR) is 61.9 cm³/mol. The van der Waals surface area contributed by atoms with Gasteiger partial charge in [-0.15, -0.1) is 0 Å². The molecule has 2 N–H and O–H groups in total. The van der Waals surface area contributed by atoms with Crippen molar-refractivity contribution in [3.8, 4) is 0 Å². The molecule has 1 aliphatic rings. The van der Waals surface area contributed by atoms with Crippen LogP contribution in [0.2, 0.25) is 0 Å². The minimum atomic E-state index is 0.278. The lowest BCUT2D eigenvalue weighted by Gasteiger charge is -2.13. The summed E-state index contributed by atoms with van der Waals surface area (Å²) in [6.07, 6.45) is 3.23. The lowest BCUT2D eigenvalue weighted by Crippen LogP contribution is -2.21. The molecule has 0 amide bonds. The summed E-state index contributed by atoms with van der Waals surface area (Å²) < 4.78 is 0. The van der Waals surface area contributed by atoms with Crippen LogP contribution in [0.1, 0.15) is 35.6 Å². The Kier molecular flexibility index (Phi) is 3.39. The second-order valence-corrected chi connectivity index (χ2v) is 4.32. The molecule has 0 unspecified atom stereocenters. The molecule has 1 aliphatic carbocycles. The summed E-state index contributed by atoms with van der Waals surface area (Å²) in [5.74, 6) is 0. The van der Waals surface area contributed by atoms with Crippen LogP contribution < -0.4 is 5.32 Å². The van der Waals surface area contributed by atoms with Gasteiger partial charge in [0.25, 0.3) is 0 Å². The summed E-state index contributed by atoms with van der Waals surface area (Å²) in [7, 11) is 0. The molecular weight excluding hydrogens is 186 g/mol. The average molecular weight is 205 g/mol. The maximum atomic E-state index is 8.74. The smallest absolute Gasteiger partial charge is 0.0443 e. The highest BCUT2D eigenvalue weighted by Gasteiger charge is 2.21. The zero-order chi connectivity index (χ0) is 10.7. The van der Waals surface area contributed by atoms with Crippen molar-refractivity contribution in [3.63, 3.8) is 0 Å². The van der Waals surface area contributed by atoms with Gasteiger partial charge in [-0.05, 0) is 43.9 Å². The summed E-state index contributed by atoms with van der Waals surface area (Å²) in [4.78, 5) is 0. The van der Waals surface area contributed by atoms with E-state index in [0.717, 1.165) is 13.0 Å². The van der Waals surface area contributed by atoms with Gasteiger partial charge < -0.3 is 10.4 Å². The molecule has 1 atom stereocenters. The number of fused-ring (bicyclic) bond motifs is 1. The van der Waals surface area contributed by atoms with E-state index < -0.39 is 0 Å². The molecule has 82 valence electrons. The van der Waals surface area contributed by atoms with Gasteiger partial charge in [-0.3, -0.25) is 0 Å². The van der Waals surface area contributed by atoms with E-state index in [1.165, 1.54) is 29.5 Å². The number of aryl methyl sites for hydroxylation is 2. The van der Waals surface area contributed by atoms with Crippen molar-refractivity contribution in [3.05, 3.63) is 34.9 Å². The lowest BCUT2D eigenvalue weighted by molar-refractivity contribution is 0.283.